The molecule has 2 aromatic carbocycles. The number of aliphatic carboxylic acids is 1. The number of primary amides is 1. The minimum atomic E-state index is -1.15. The monoisotopic (exact) mass is 1610 g/mol. The van der Waals surface area contributed by atoms with E-state index < -0.39 is 143 Å². The summed E-state index contributed by atoms with van der Waals surface area (Å²) >= 11 is 1.34. The Morgan fingerprint density at radius 1 is 0.743 bits per heavy atom. The molecule has 0 radical (unpaired) electrons. The lowest BCUT2D eigenvalue weighted by Gasteiger charge is -2.41. The molecule has 2 heterocycles. The third-order valence-electron chi connectivity index (χ3n) is 21.1. The minimum Gasteiger partial charge on any atom is -0.481 e. The van der Waals surface area contributed by atoms with E-state index >= 15 is 4.79 Å². The number of likely N-dealkylation sites (tertiary alicyclic amines) is 2. The molecular formula is C79H122FN13O19S. The van der Waals surface area contributed by atoms with Gasteiger partial charge in [0, 0.05) is 90.8 Å². The number of anilines is 1. The normalized spacial score (nSPS) is 18.5. The quantitative estimate of drug-likeness (QED) is 0.0214. The predicted molar refractivity (Wildman–Crippen MR) is 421 cm³/mol. The number of nitrogens with zero attached hydrogens (tertiary/aromatic N) is 5. The molecule has 2 unspecified atom stereocenters. The maximum absolute atomic E-state index is 15.1. The fourth-order valence-corrected chi connectivity index (χ4v) is 15.7. The van der Waals surface area contributed by atoms with Gasteiger partial charge in [0.25, 0.3) is 0 Å². The van der Waals surface area contributed by atoms with E-state index in [0.29, 0.717) is 42.7 Å². The van der Waals surface area contributed by atoms with Gasteiger partial charge in [0.15, 0.2) is 5.78 Å². The minimum absolute atomic E-state index is 0.0143. The number of nitrogens with two attached hydrogens (primary N) is 1. The molecule has 0 bridgehead atoms. The van der Waals surface area contributed by atoms with E-state index in [1.165, 1.54) is 71.7 Å². The molecule has 2 saturated heterocycles. The van der Waals surface area contributed by atoms with Gasteiger partial charge < -0.3 is 81.7 Å². The average Bonchev–Trinajstić information content (AvgIpc) is 1.67. The molecule has 5 rings (SSSR count). The predicted octanol–water partition coefficient (Wildman–Crippen LogP) is 5.82. The number of benzene rings is 2. The Balaban J connectivity index is 1.17. The first-order valence-electron chi connectivity index (χ1n) is 39.0. The van der Waals surface area contributed by atoms with Crippen molar-refractivity contribution >= 4 is 101 Å². The van der Waals surface area contributed by atoms with Crippen LogP contribution in [0, 0.1) is 40.8 Å². The van der Waals surface area contributed by atoms with Crippen molar-refractivity contribution in [3.8, 4) is 0 Å². The Kier molecular flexibility index (Phi) is 37.8. The number of unbranched alkanes of at least 4 members (excludes halogenated alkanes) is 2. The van der Waals surface area contributed by atoms with Gasteiger partial charge in [-0.05, 0) is 131 Å². The number of hydrogen-bond donors (Lipinski definition) is 9. The van der Waals surface area contributed by atoms with E-state index in [9.17, 15) is 71.8 Å². The largest absolute Gasteiger partial charge is 0.481 e. The average molecular weight is 1610 g/mol. The van der Waals surface area contributed by atoms with Gasteiger partial charge in [-0.3, -0.25) is 62.5 Å². The van der Waals surface area contributed by atoms with Crippen LogP contribution in [0.1, 0.15) is 169 Å². The summed E-state index contributed by atoms with van der Waals surface area (Å²) in [5.74, 6) is -7.50. The number of methoxy groups -OCH3 is 2. The van der Waals surface area contributed by atoms with E-state index in [1.807, 2.05) is 41.5 Å². The lowest BCUT2D eigenvalue weighted by atomic mass is 9.89. The Morgan fingerprint density at radius 2 is 1.40 bits per heavy atom. The third-order valence-corrected chi connectivity index (χ3v) is 22.7. The van der Waals surface area contributed by atoms with Gasteiger partial charge >= 0.3 is 24.2 Å². The van der Waals surface area contributed by atoms with E-state index in [1.54, 1.807) is 71.1 Å². The number of carbonyl (C=O) groups excluding carboxylic acids is 13. The van der Waals surface area contributed by atoms with Crippen LogP contribution in [0.5, 0.6) is 0 Å². The Labute approximate surface area is 667 Å². The van der Waals surface area contributed by atoms with Crippen molar-refractivity contribution in [2.45, 2.75) is 225 Å². The zero-order chi connectivity index (χ0) is 84.3. The van der Waals surface area contributed by atoms with Gasteiger partial charge in [0.05, 0.1) is 66.9 Å². The van der Waals surface area contributed by atoms with Crippen molar-refractivity contribution in [3.05, 3.63) is 65.5 Å². The Hall–Kier alpha value is -9.02. The van der Waals surface area contributed by atoms with Gasteiger partial charge in [-0.25, -0.2) is 18.8 Å². The van der Waals surface area contributed by atoms with Crippen molar-refractivity contribution in [2.75, 3.05) is 86.2 Å². The molecule has 1 aliphatic carbocycles. The number of ether oxygens (including phenoxy) is 4. The molecule has 1 saturated carbocycles. The molecule has 2 aromatic rings. The number of rotatable bonds is 47. The first-order chi connectivity index (χ1) is 53.3. The number of carboxylic acid groups (broad SMARTS) is 1. The highest BCUT2D eigenvalue weighted by Gasteiger charge is 2.49. The summed E-state index contributed by atoms with van der Waals surface area (Å²) in [5.41, 5.74) is 5.94. The molecule has 34 heteroatoms. The molecule has 630 valence electrons. The maximum atomic E-state index is 15.1. The van der Waals surface area contributed by atoms with Crippen LogP contribution in [0.4, 0.5) is 24.5 Å². The molecule has 0 aromatic heterocycles. The number of imide groups is 1. The second-order valence-electron chi connectivity index (χ2n) is 31.3. The number of amides is 13. The molecule has 13 atom stereocenters. The highest BCUT2D eigenvalue weighted by atomic mass is 32.2. The zero-order valence-electron chi connectivity index (χ0n) is 68.4. The third kappa shape index (κ3) is 28.8. The number of hydrogen-bond acceptors (Lipinski definition) is 20. The Morgan fingerprint density at radius 3 is 1.97 bits per heavy atom. The highest BCUT2D eigenvalue weighted by molar-refractivity contribution is 8.00. The van der Waals surface area contributed by atoms with E-state index in [0.717, 1.165) is 25.0 Å². The zero-order valence-corrected chi connectivity index (χ0v) is 69.2. The van der Waals surface area contributed by atoms with Crippen LogP contribution in [0.3, 0.4) is 0 Å². The van der Waals surface area contributed by atoms with Crippen molar-refractivity contribution in [1.82, 2.24) is 56.4 Å². The second kappa shape index (κ2) is 45.2. The second-order valence-corrected chi connectivity index (χ2v) is 32.5. The van der Waals surface area contributed by atoms with Crippen LogP contribution >= 0.6 is 11.8 Å². The van der Waals surface area contributed by atoms with Gasteiger partial charge in [0.1, 0.15) is 36.7 Å². The number of urea groups is 1. The van der Waals surface area contributed by atoms with Crippen molar-refractivity contribution in [1.29, 1.82) is 0 Å². The fraction of sp³-hybridized carbons (Fsp3) is 0.671. The summed E-state index contributed by atoms with van der Waals surface area (Å²) < 4.78 is 37.4. The number of halogens is 1. The summed E-state index contributed by atoms with van der Waals surface area (Å²) in [7, 11) is 9.46. The summed E-state index contributed by atoms with van der Waals surface area (Å²) in [6.07, 6.45) is -1.00. The number of alkyl carbamates (subject to hydrolysis) is 1. The van der Waals surface area contributed by atoms with Gasteiger partial charge in [-0.15, -0.1) is 11.8 Å². The number of nitrogens with one attached hydrogen (secondary N) is 7. The summed E-state index contributed by atoms with van der Waals surface area (Å²) in [6, 6.07) is 4.08. The van der Waals surface area contributed by atoms with Crippen LogP contribution in [0.25, 0.3) is 0 Å². The topological polar surface area (TPSA) is 423 Å². The number of ketones is 1. The van der Waals surface area contributed by atoms with Crippen LogP contribution in [0.2, 0.25) is 0 Å². The number of Topliss-reactive ketones (excluding diaryl/α,β-unsaturated/α-hetero) is 1. The standard InChI is InChI=1S/C79H122FN13O19S/c1-17-48(8)67(91(14)75(105)65(46(4)5)88-73(103)66(47(6)7)89(11)12)58(109-15)39-61(95)93-42-55(38-57(93)69(110-16)49(9)70(100)84-50(10)68(99)52-26-28-53(80)29-27-52)112-78(108)90(13)37-35-83-77(107)111-43-51-24-30-54(31-25-51)85-71(101)56(22-21-34-82-76(81)106)86-72(102)64(45(2)3)87-60(94)23-19-18-20-36-92-62(96)40-59(74(92)104)113-44-79(32-33-79)41-63(97)98/h24-31,45-50,55-59,64-67,69H,17-23,32-44H2,1-16H3,(H,83,107)(H,84,100)(H,85,101)(H,86,102)(H,87,94)(H,88,103)(H,97,98)(H3,81,82,106)/t48-,49+,50-,55-,56-,57-,58+,59?,64-,65-,66-,67?,69+/m0/s1. The molecule has 32 nitrogen and oxygen atoms in total. The maximum Gasteiger partial charge on any atom is 0.409 e. The first kappa shape index (κ1) is 94.6. The number of thioether (sulfide) groups is 1. The summed E-state index contributed by atoms with van der Waals surface area (Å²) in [6.45, 7) is 17.6. The molecular weight excluding hydrogens is 1490 g/mol. The number of carbonyl (C=O) groups is 14. The Bertz CT molecular complexity index is 3580. The molecule has 0 spiro atoms. The van der Waals surface area contributed by atoms with E-state index in [-0.39, 0.29) is 137 Å². The summed E-state index contributed by atoms with van der Waals surface area (Å²) in [4.78, 5) is 195. The van der Waals surface area contributed by atoms with E-state index in [4.69, 9.17) is 24.7 Å². The SMILES string of the molecule is CC[C@H](C)C([C@@H](CC(=O)N1C[C@@H](OC(=O)N(C)CCNC(=O)OCc2ccc(NC(=O)[C@H](CCCNC(N)=O)NC(=O)[C@@H](NC(=O)CCCCCN3C(=O)CC(SCC4(CC(=O)O)CC4)C3=O)C(C)C)cc2)C[C@H]1[C@H](OC)[C@@H](C)C(=O)N[C@@H](C)C(=O)c1ccc(F)cc1)OC)N(C)C(=O)[C@@H](NC(=O)[C@H](C(C)C)N(C)C)C(C)C. The van der Waals surface area contributed by atoms with E-state index in [2.05, 4.69) is 37.2 Å². The number of likely N-dealkylation sites (N-methyl/N-ethyl adjacent to an activating group) is 3. The fourth-order valence-electron chi connectivity index (χ4n) is 14.2. The highest BCUT2D eigenvalue weighted by Crippen LogP contribution is 2.52. The van der Waals surface area contributed by atoms with Gasteiger partial charge in [-0.1, -0.05) is 87.3 Å². The smallest absolute Gasteiger partial charge is 0.409 e. The molecule has 10 N–H and O–H groups in total. The van der Waals surface area contributed by atoms with Crippen molar-refractivity contribution in [2.24, 2.45) is 40.7 Å². The van der Waals surface area contributed by atoms with Gasteiger partial charge in [-0.2, -0.15) is 0 Å². The lowest BCUT2D eigenvalue weighted by Crippen LogP contribution is -2.59. The van der Waals surface area contributed by atoms with Crippen molar-refractivity contribution in [3.63, 3.8) is 0 Å². The molecule has 13 amide bonds. The molecule has 3 fully saturated rings. The molecule has 3 aliphatic rings. The summed E-state index contributed by atoms with van der Waals surface area (Å²) in [5, 5.41) is 27.8. The first-order valence-corrected chi connectivity index (χ1v) is 40.0. The van der Waals surface area contributed by atoms with Crippen LogP contribution in [-0.2, 0) is 73.5 Å². The van der Waals surface area contributed by atoms with Crippen LogP contribution in [-0.4, -0.2) is 259 Å². The lowest BCUT2D eigenvalue weighted by molar-refractivity contribution is -0.148. The van der Waals surface area contributed by atoms with Crippen LogP contribution in [0.15, 0.2) is 48.5 Å². The van der Waals surface area contributed by atoms with Crippen LogP contribution < -0.4 is 43.0 Å². The molecule has 113 heavy (non-hydrogen) atoms. The van der Waals surface area contributed by atoms with Gasteiger partial charge in [0.2, 0.25) is 53.2 Å². The van der Waals surface area contributed by atoms with Crippen molar-refractivity contribution < 1.29 is 95.6 Å². The molecule has 2 aliphatic heterocycles. The number of carboxylic acids is 1.